The van der Waals surface area contributed by atoms with Gasteiger partial charge < -0.3 is 9.64 Å². The highest BCUT2D eigenvalue weighted by atomic mass is 35.5. The molecule has 0 amide bonds. The van der Waals surface area contributed by atoms with Crippen LogP contribution < -0.4 is 4.90 Å². The van der Waals surface area contributed by atoms with Crippen molar-refractivity contribution in [2.24, 2.45) is 5.92 Å². The molecule has 0 bridgehead atoms. The molecule has 26 heavy (non-hydrogen) atoms. The monoisotopic (exact) mass is 393 g/mol. The Hall–Kier alpha value is -1.58. The van der Waals surface area contributed by atoms with Gasteiger partial charge in [-0.15, -0.1) is 0 Å². The summed E-state index contributed by atoms with van der Waals surface area (Å²) in [7, 11) is 0. The van der Waals surface area contributed by atoms with Gasteiger partial charge in [0.25, 0.3) is 5.69 Å². The summed E-state index contributed by atoms with van der Waals surface area (Å²) in [6.45, 7) is 4.80. The first-order valence-corrected chi connectivity index (χ1v) is 8.73. The summed E-state index contributed by atoms with van der Waals surface area (Å²) in [4.78, 5) is 14.5. The summed E-state index contributed by atoms with van der Waals surface area (Å²) in [6, 6.07) is 1.59. The van der Waals surface area contributed by atoms with Gasteiger partial charge in [-0.05, 0) is 18.4 Å². The number of nitrogens with zero attached hydrogens (tertiary/aromatic N) is 3. The van der Waals surface area contributed by atoms with Crippen molar-refractivity contribution < 1.29 is 22.8 Å². The lowest BCUT2D eigenvalue weighted by Gasteiger charge is -2.36. The third-order valence-electron chi connectivity index (χ3n) is 4.82. The van der Waals surface area contributed by atoms with Crippen LogP contribution in [-0.2, 0) is 10.9 Å². The van der Waals surface area contributed by atoms with Gasteiger partial charge >= 0.3 is 6.18 Å². The van der Waals surface area contributed by atoms with Crippen molar-refractivity contribution >= 4 is 23.0 Å². The molecule has 0 saturated carbocycles. The molecule has 1 aromatic carbocycles. The molecule has 0 N–H and O–H groups in total. The van der Waals surface area contributed by atoms with Gasteiger partial charge in [-0.25, -0.2) is 0 Å². The first-order valence-electron chi connectivity index (χ1n) is 8.36. The van der Waals surface area contributed by atoms with Crippen LogP contribution in [0.1, 0.15) is 12.0 Å². The lowest BCUT2D eigenvalue weighted by Crippen LogP contribution is -2.48. The number of rotatable bonds is 4. The van der Waals surface area contributed by atoms with Crippen LogP contribution in [0.5, 0.6) is 0 Å². The van der Waals surface area contributed by atoms with E-state index < -0.39 is 27.4 Å². The molecular weight excluding hydrogens is 375 g/mol. The van der Waals surface area contributed by atoms with E-state index in [1.54, 1.807) is 4.90 Å². The molecule has 6 nitrogen and oxygen atoms in total. The molecule has 2 saturated heterocycles. The average Bonchev–Trinajstić information content (AvgIpc) is 3.07. The van der Waals surface area contributed by atoms with E-state index in [1.807, 2.05) is 0 Å². The number of hydrogen-bond donors (Lipinski definition) is 0. The normalized spacial score (nSPS) is 22.0. The number of halogens is 4. The fourth-order valence-corrected chi connectivity index (χ4v) is 3.70. The quantitative estimate of drug-likeness (QED) is 0.579. The Balaban J connectivity index is 1.74. The van der Waals surface area contributed by atoms with Gasteiger partial charge in [0.15, 0.2) is 0 Å². The first-order chi connectivity index (χ1) is 12.3. The molecule has 2 fully saturated rings. The Kier molecular flexibility index (Phi) is 5.59. The second kappa shape index (κ2) is 7.58. The highest BCUT2D eigenvalue weighted by Gasteiger charge is 2.37. The second-order valence-corrected chi connectivity index (χ2v) is 7.00. The smallest absolute Gasteiger partial charge is 0.381 e. The number of alkyl halides is 3. The zero-order chi connectivity index (χ0) is 18.9. The van der Waals surface area contributed by atoms with Crippen molar-refractivity contribution in [2.45, 2.75) is 12.6 Å². The van der Waals surface area contributed by atoms with Crippen LogP contribution >= 0.6 is 11.6 Å². The van der Waals surface area contributed by atoms with E-state index >= 15 is 0 Å². The zero-order valence-corrected chi connectivity index (χ0v) is 14.7. The number of benzene rings is 1. The van der Waals surface area contributed by atoms with Crippen LogP contribution in [0.3, 0.4) is 0 Å². The van der Waals surface area contributed by atoms with Gasteiger partial charge in [0, 0.05) is 45.4 Å². The number of anilines is 1. The number of ether oxygens (including phenoxy) is 1. The largest absolute Gasteiger partial charge is 0.418 e. The van der Waals surface area contributed by atoms with Crippen molar-refractivity contribution in [2.75, 3.05) is 50.8 Å². The van der Waals surface area contributed by atoms with E-state index in [2.05, 4.69) is 4.90 Å². The standard InChI is InChI=1S/C16H19ClF3N3O3/c17-13-8-14(15(23(24)25)7-12(13)16(18,19)20)22-4-2-21(3-5-22)9-11-1-6-26-10-11/h7-8,11H,1-6,9-10H2. The highest BCUT2D eigenvalue weighted by Crippen LogP contribution is 2.41. The first kappa shape index (κ1) is 19.2. The summed E-state index contributed by atoms with van der Waals surface area (Å²) in [5.41, 5.74) is -1.62. The van der Waals surface area contributed by atoms with Crippen molar-refractivity contribution in [3.8, 4) is 0 Å². The number of nitro benzene ring substituents is 1. The summed E-state index contributed by atoms with van der Waals surface area (Å²) < 4.78 is 44.3. The van der Waals surface area contributed by atoms with Crippen LogP contribution in [0.25, 0.3) is 0 Å². The number of piperazine rings is 1. The molecule has 1 unspecified atom stereocenters. The minimum absolute atomic E-state index is 0.136. The van der Waals surface area contributed by atoms with E-state index in [9.17, 15) is 23.3 Å². The molecule has 10 heteroatoms. The van der Waals surface area contributed by atoms with Crippen LogP contribution in [0.15, 0.2) is 12.1 Å². The molecule has 1 atom stereocenters. The fourth-order valence-electron chi connectivity index (χ4n) is 3.43. The molecule has 2 heterocycles. The summed E-state index contributed by atoms with van der Waals surface area (Å²) in [5, 5.41) is 10.8. The summed E-state index contributed by atoms with van der Waals surface area (Å²) in [6.07, 6.45) is -3.71. The Bertz CT molecular complexity index is 673. The Morgan fingerprint density at radius 2 is 1.96 bits per heavy atom. The van der Waals surface area contributed by atoms with E-state index in [0.717, 1.165) is 32.2 Å². The average molecular weight is 394 g/mol. The second-order valence-electron chi connectivity index (χ2n) is 6.59. The Morgan fingerprint density at radius 1 is 1.27 bits per heavy atom. The highest BCUT2D eigenvalue weighted by molar-refractivity contribution is 6.31. The van der Waals surface area contributed by atoms with Crippen molar-refractivity contribution in [3.63, 3.8) is 0 Å². The SMILES string of the molecule is O=[N+]([O-])c1cc(C(F)(F)F)c(Cl)cc1N1CCN(CC2CCOC2)CC1. The lowest BCUT2D eigenvalue weighted by atomic mass is 10.1. The minimum atomic E-state index is -4.73. The lowest BCUT2D eigenvalue weighted by molar-refractivity contribution is -0.384. The van der Waals surface area contributed by atoms with Crippen LogP contribution in [0.4, 0.5) is 24.5 Å². The van der Waals surface area contributed by atoms with Gasteiger partial charge in [0.05, 0.1) is 22.1 Å². The predicted octanol–water partition coefficient (Wildman–Crippen LogP) is 3.43. The number of hydrogen-bond acceptors (Lipinski definition) is 5. The van der Waals surface area contributed by atoms with Gasteiger partial charge in [0.2, 0.25) is 0 Å². The third-order valence-corrected chi connectivity index (χ3v) is 5.13. The molecule has 0 spiro atoms. The molecule has 1 aromatic rings. The van der Waals surface area contributed by atoms with Gasteiger partial charge in [-0.2, -0.15) is 13.2 Å². The zero-order valence-electron chi connectivity index (χ0n) is 14.0. The van der Waals surface area contributed by atoms with Crippen LogP contribution in [0.2, 0.25) is 5.02 Å². The van der Waals surface area contributed by atoms with Crippen molar-refractivity contribution in [1.82, 2.24) is 4.90 Å². The van der Waals surface area contributed by atoms with E-state index in [4.69, 9.17) is 16.3 Å². The molecule has 2 aliphatic rings. The topological polar surface area (TPSA) is 58.9 Å². The van der Waals surface area contributed by atoms with Crippen molar-refractivity contribution in [1.29, 1.82) is 0 Å². The Morgan fingerprint density at radius 3 is 2.50 bits per heavy atom. The maximum atomic E-state index is 13.0. The van der Waals surface area contributed by atoms with Crippen LogP contribution in [0, 0.1) is 16.0 Å². The molecule has 0 aromatic heterocycles. The molecular formula is C16H19ClF3N3O3. The van der Waals surface area contributed by atoms with Gasteiger partial charge in [-0.3, -0.25) is 15.0 Å². The van der Waals surface area contributed by atoms with E-state index in [-0.39, 0.29) is 5.69 Å². The summed E-state index contributed by atoms with van der Waals surface area (Å²) in [5.74, 6) is 0.497. The predicted molar refractivity (Wildman–Crippen MR) is 90.7 cm³/mol. The third kappa shape index (κ3) is 4.21. The molecule has 3 rings (SSSR count). The van der Waals surface area contributed by atoms with Crippen LogP contribution in [-0.4, -0.2) is 55.8 Å². The van der Waals surface area contributed by atoms with Crippen molar-refractivity contribution in [3.05, 3.63) is 32.8 Å². The van der Waals surface area contributed by atoms with E-state index in [0.29, 0.717) is 38.2 Å². The fraction of sp³-hybridized carbons (Fsp3) is 0.625. The summed E-state index contributed by atoms with van der Waals surface area (Å²) >= 11 is 5.76. The van der Waals surface area contributed by atoms with Gasteiger partial charge in [0.1, 0.15) is 5.69 Å². The maximum Gasteiger partial charge on any atom is 0.418 e. The molecule has 144 valence electrons. The number of nitro groups is 1. The van der Waals surface area contributed by atoms with E-state index in [1.165, 1.54) is 0 Å². The Labute approximate surface area is 153 Å². The molecule has 2 aliphatic heterocycles. The minimum Gasteiger partial charge on any atom is -0.381 e. The molecule has 0 aliphatic carbocycles. The van der Waals surface area contributed by atoms with Gasteiger partial charge in [-0.1, -0.05) is 11.6 Å². The molecule has 0 radical (unpaired) electrons. The maximum absolute atomic E-state index is 13.0.